The number of halogens is 2. The Morgan fingerprint density at radius 1 is 1.35 bits per heavy atom. The van der Waals surface area contributed by atoms with Crippen LogP contribution in [0.2, 0.25) is 0 Å². The summed E-state index contributed by atoms with van der Waals surface area (Å²) in [6.45, 7) is 1.52. The molecule has 0 aliphatic heterocycles. The van der Waals surface area contributed by atoms with Crippen LogP contribution in [0.5, 0.6) is 0 Å². The summed E-state index contributed by atoms with van der Waals surface area (Å²) in [5.74, 6) is -3.36. The second-order valence-corrected chi connectivity index (χ2v) is 6.87. The van der Waals surface area contributed by atoms with Gasteiger partial charge in [0.15, 0.2) is 11.6 Å². The number of amides is 1. The van der Waals surface area contributed by atoms with Gasteiger partial charge in [-0.15, -0.1) is 5.10 Å². The molecular weight excluding hydrogens is 330 g/mol. The number of aromatic nitrogens is 3. The van der Waals surface area contributed by atoms with Crippen LogP contribution in [-0.4, -0.2) is 29.5 Å². The summed E-state index contributed by atoms with van der Waals surface area (Å²) in [4.78, 5) is 15.7. The van der Waals surface area contributed by atoms with E-state index in [0.29, 0.717) is 17.8 Å². The van der Waals surface area contributed by atoms with Gasteiger partial charge in [-0.2, -0.15) is 8.42 Å². The SMILES string of the molecule is Cc1nc(S(=O)(=O)NC(=O)[C@@H]2C[C@H]2c2ccc(F)c(F)c2)n[nH]1. The van der Waals surface area contributed by atoms with E-state index in [1.54, 1.807) is 0 Å². The number of nitrogens with one attached hydrogen (secondary N) is 2. The first-order valence-corrected chi connectivity index (χ1v) is 8.17. The zero-order chi connectivity index (χ0) is 16.8. The number of benzene rings is 1. The summed E-state index contributed by atoms with van der Waals surface area (Å²) in [5, 5.41) is 5.34. The molecule has 1 saturated carbocycles. The highest BCUT2D eigenvalue weighted by Crippen LogP contribution is 2.47. The second-order valence-electron chi connectivity index (χ2n) is 5.30. The van der Waals surface area contributed by atoms with Crippen molar-refractivity contribution in [2.24, 2.45) is 5.92 Å². The fourth-order valence-electron chi connectivity index (χ4n) is 2.29. The number of hydrogen-bond acceptors (Lipinski definition) is 5. The zero-order valence-corrected chi connectivity index (χ0v) is 12.7. The van der Waals surface area contributed by atoms with E-state index in [4.69, 9.17) is 0 Å². The molecule has 1 heterocycles. The van der Waals surface area contributed by atoms with Crippen LogP contribution in [0.15, 0.2) is 23.4 Å². The molecule has 1 aliphatic rings. The number of carbonyl (C=O) groups is 1. The van der Waals surface area contributed by atoms with Crippen molar-refractivity contribution in [2.45, 2.75) is 24.4 Å². The van der Waals surface area contributed by atoms with Crippen LogP contribution in [-0.2, 0) is 14.8 Å². The van der Waals surface area contributed by atoms with Gasteiger partial charge in [-0.3, -0.25) is 9.89 Å². The van der Waals surface area contributed by atoms with Gasteiger partial charge in [0.25, 0.3) is 5.16 Å². The predicted octanol–water partition coefficient (Wildman–Crippen LogP) is 1.000. The third-order valence-corrected chi connectivity index (χ3v) is 4.68. The van der Waals surface area contributed by atoms with E-state index in [0.717, 1.165) is 12.1 Å². The molecule has 0 saturated heterocycles. The topological polar surface area (TPSA) is 105 Å². The highest BCUT2D eigenvalue weighted by molar-refractivity contribution is 7.89. The molecule has 0 unspecified atom stereocenters. The molecule has 1 amide bonds. The summed E-state index contributed by atoms with van der Waals surface area (Å²) in [5.41, 5.74) is 0.454. The minimum absolute atomic E-state index is 0.295. The number of rotatable bonds is 4. The fourth-order valence-corrected chi connectivity index (χ4v) is 3.22. The Kier molecular flexibility index (Phi) is 3.63. The standard InChI is InChI=1S/C13H12F2N4O3S/c1-6-16-13(18-17-6)23(21,22)19-12(20)9-5-8(9)7-2-3-10(14)11(15)4-7/h2-4,8-9H,5H2,1H3,(H,19,20)(H,16,17,18)/t8-,9+/m0/s1. The van der Waals surface area contributed by atoms with Gasteiger partial charge in [0.2, 0.25) is 5.91 Å². The molecule has 1 aliphatic carbocycles. The number of aromatic amines is 1. The molecule has 122 valence electrons. The lowest BCUT2D eigenvalue weighted by Crippen LogP contribution is -2.32. The lowest BCUT2D eigenvalue weighted by molar-refractivity contribution is -0.120. The molecule has 10 heteroatoms. The average Bonchev–Trinajstić information content (AvgIpc) is 3.15. The van der Waals surface area contributed by atoms with Gasteiger partial charge in [-0.05, 0) is 37.0 Å². The van der Waals surface area contributed by atoms with Crippen molar-refractivity contribution in [3.05, 3.63) is 41.2 Å². The Hall–Kier alpha value is -2.36. The van der Waals surface area contributed by atoms with E-state index in [-0.39, 0.29) is 5.92 Å². The highest BCUT2D eigenvalue weighted by atomic mass is 32.2. The van der Waals surface area contributed by atoms with Crippen LogP contribution in [0, 0.1) is 24.5 Å². The number of nitrogens with zero attached hydrogens (tertiary/aromatic N) is 2. The van der Waals surface area contributed by atoms with Gasteiger partial charge >= 0.3 is 10.0 Å². The third kappa shape index (κ3) is 3.07. The number of aryl methyl sites for hydroxylation is 1. The number of sulfonamides is 1. The molecule has 1 fully saturated rings. The minimum atomic E-state index is -4.15. The Morgan fingerprint density at radius 2 is 2.09 bits per heavy atom. The van der Waals surface area contributed by atoms with Gasteiger partial charge < -0.3 is 0 Å². The molecule has 0 bridgehead atoms. The van der Waals surface area contributed by atoms with Gasteiger partial charge in [0.05, 0.1) is 0 Å². The molecule has 1 aromatic heterocycles. The summed E-state index contributed by atoms with van der Waals surface area (Å²) < 4.78 is 51.9. The van der Waals surface area contributed by atoms with E-state index >= 15 is 0 Å². The minimum Gasteiger partial charge on any atom is -0.274 e. The lowest BCUT2D eigenvalue weighted by Gasteiger charge is -2.04. The van der Waals surface area contributed by atoms with E-state index in [9.17, 15) is 22.0 Å². The van der Waals surface area contributed by atoms with E-state index in [1.165, 1.54) is 13.0 Å². The first-order chi connectivity index (χ1) is 10.8. The monoisotopic (exact) mass is 342 g/mol. The van der Waals surface area contributed by atoms with Gasteiger partial charge in [0, 0.05) is 5.92 Å². The van der Waals surface area contributed by atoms with Crippen molar-refractivity contribution in [1.29, 1.82) is 0 Å². The highest BCUT2D eigenvalue weighted by Gasteiger charge is 2.45. The van der Waals surface area contributed by atoms with Crippen molar-refractivity contribution in [3.8, 4) is 0 Å². The summed E-state index contributed by atoms with van der Waals surface area (Å²) in [6, 6.07) is 3.37. The maximum absolute atomic E-state index is 13.2. The first kappa shape index (κ1) is 15.5. The quantitative estimate of drug-likeness (QED) is 0.862. The number of hydrogen-bond donors (Lipinski definition) is 2. The van der Waals surface area contributed by atoms with Crippen molar-refractivity contribution in [3.63, 3.8) is 0 Å². The second kappa shape index (κ2) is 5.37. The molecule has 2 N–H and O–H groups in total. The molecule has 23 heavy (non-hydrogen) atoms. The van der Waals surface area contributed by atoms with Crippen LogP contribution in [0.1, 0.15) is 23.7 Å². The van der Waals surface area contributed by atoms with Crippen LogP contribution in [0.4, 0.5) is 8.78 Å². The first-order valence-electron chi connectivity index (χ1n) is 6.68. The van der Waals surface area contributed by atoms with Crippen LogP contribution < -0.4 is 4.72 Å². The smallest absolute Gasteiger partial charge is 0.274 e. The normalized spacial score (nSPS) is 20.3. The lowest BCUT2D eigenvalue weighted by atomic mass is 10.1. The molecule has 0 spiro atoms. The molecule has 1 aromatic carbocycles. The third-order valence-electron chi connectivity index (χ3n) is 3.55. The van der Waals surface area contributed by atoms with E-state index in [1.807, 2.05) is 4.72 Å². The van der Waals surface area contributed by atoms with Crippen molar-refractivity contribution < 1.29 is 22.0 Å². The summed E-state index contributed by atoms with van der Waals surface area (Å²) in [7, 11) is -4.15. The fraction of sp³-hybridized carbons (Fsp3) is 0.308. The largest absolute Gasteiger partial charge is 0.301 e. The molecule has 2 atom stereocenters. The molecule has 0 radical (unpaired) electrons. The van der Waals surface area contributed by atoms with Gasteiger partial charge in [-0.25, -0.2) is 18.5 Å². The molecule has 7 nitrogen and oxygen atoms in total. The maximum atomic E-state index is 13.2. The van der Waals surface area contributed by atoms with Crippen molar-refractivity contribution in [2.75, 3.05) is 0 Å². The van der Waals surface area contributed by atoms with Gasteiger partial charge in [-0.1, -0.05) is 6.07 Å². The number of H-pyrrole nitrogens is 1. The Balaban J connectivity index is 1.70. The molecule has 2 aromatic rings. The van der Waals surface area contributed by atoms with E-state index in [2.05, 4.69) is 15.2 Å². The maximum Gasteiger partial charge on any atom is 0.301 e. The zero-order valence-electron chi connectivity index (χ0n) is 11.9. The van der Waals surface area contributed by atoms with Crippen molar-refractivity contribution in [1.82, 2.24) is 19.9 Å². The Bertz CT molecular complexity index is 881. The predicted molar refractivity (Wildman–Crippen MR) is 73.7 cm³/mol. The number of carbonyl (C=O) groups excluding carboxylic acids is 1. The van der Waals surface area contributed by atoms with Crippen LogP contribution in [0.25, 0.3) is 0 Å². The van der Waals surface area contributed by atoms with Crippen LogP contribution >= 0.6 is 0 Å². The Labute approximate surface area is 130 Å². The Morgan fingerprint density at radius 3 is 2.70 bits per heavy atom. The molecular formula is C13H12F2N4O3S. The average molecular weight is 342 g/mol. The van der Waals surface area contributed by atoms with Crippen molar-refractivity contribution >= 4 is 15.9 Å². The molecule has 3 rings (SSSR count). The summed E-state index contributed by atoms with van der Waals surface area (Å²) in [6.07, 6.45) is 0.361. The van der Waals surface area contributed by atoms with Gasteiger partial charge in [0.1, 0.15) is 5.82 Å². The summed E-state index contributed by atoms with van der Waals surface area (Å²) >= 11 is 0. The van der Waals surface area contributed by atoms with E-state index < -0.39 is 38.6 Å². The van der Waals surface area contributed by atoms with Crippen LogP contribution in [0.3, 0.4) is 0 Å².